The summed E-state index contributed by atoms with van der Waals surface area (Å²) in [4.78, 5) is 52.0. The highest BCUT2D eigenvalue weighted by Crippen LogP contribution is 2.31. The van der Waals surface area contributed by atoms with Crippen molar-refractivity contribution in [2.75, 3.05) is 13.2 Å². The number of aliphatic imine (C=N–C) groups is 1. The predicted molar refractivity (Wildman–Crippen MR) is 114 cm³/mol. The lowest BCUT2D eigenvalue weighted by Crippen LogP contribution is -2.48. The summed E-state index contributed by atoms with van der Waals surface area (Å²) in [5, 5.41) is 0. The first kappa shape index (κ1) is 25.2. The second kappa shape index (κ2) is 10.8. The molecule has 0 spiro atoms. The zero-order chi connectivity index (χ0) is 23.1. The van der Waals surface area contributed by atoms with Crippen LogP contribution in [0.15, 0.2) is 34.8 Å². The van der Waals surface area contributed by atoms with Crippen LogP contribution >= 0.6 is 11.6 Å². The van der Waals surface area contributed by atoms with Crippen LogP contribution in [0.2, 0.25) is 0 Å². The van der Waals surface area contributed by atoms with Crippen LogP contribution in [-0.4, -0.2) is 47.3 Å². The summed E-state index contributed by atoms with van der Waals surface area (Å²) in [6.07, 6.45) is 0.844. The summed E-state index contributed by atoms with van der Waals surface area (Å²) >= 11 is 6.50. The number of carbonyl (C=O) groups excluding carboxylic acids is 4. The van der Waals surface area contributed by atoms with Crippen LogP contribution in [0.1, 0.15) is 38.8 Å². The number of hydrogen-bond donors (Lipinski definition) is 0. The fourth-order valence-corrected chi connectivity index (χ4v) is 2.88. The molecule has 0 saturated carbocycles. The second-order valence-corrected chi connectivity index (χ2v) is 7.07. The van der Waals surface area contributed by atoms with Crippen LogP contribution in [0.5, 0.6) is 0 Å². The number of hydrogen-bond acceptors (Lipinski definition) is 7. The molecule has 0 amide bonds. The Hall–Kier alpha value is -2.80. The van der Waals surface area contributed by atoms with E-state index in [1.54, 1.807) is 39.8 Å². The average molecular weight is 436 g/mol. The van der Waals surface area contributed by atoms with Crippen LogP contribution in [-0.2, 0) is 28.7 Å². The number of Topliss-reactive ketones (excluding diaryl/α,β-unsaturated/α-hetero) is 2. The Morgan fingerprint density at radius 3 is 1.93 bits per heavy atom. The molecule has 7 nitrogen and oxygen atoms in total. The lowest BCUT2D eigenvalue weighted by Gasteiger charge is -2.25. The molecule has 1 aromatic rings. The van der Waals surface area contributed by atoms with Crippen molar-refractivity contribution in [3.8, 4) is 0 Å². The lowest BCUT2D eigenvalue weighted by atomic mass is 9.88. The molecule has 1 rings (SSSR count). The molecule has 8 heteroatoms. The number of ether oxygens (including phenoxy) is 2. The minimum atomic E-state index is -2.29. The quantitative estimate of drug-likeness (QED) is 0.193. The van der Waals surface area contributed by atoms with Gasteiger partial charge in [-0.3, -0.25) is 9.59 Å². The molecule has 0 aliphatic rings. The monoisotopic (exact) mass is 435 g/mol. The average Bonchev–Trinajstić information content (AvgIpc) is 2.66. The van der Waals surface area contributed by atoms with Gasteiger partial charge in [0.25, 0.3) is 0 Å². The molecular formula is C22H26ClNO6. The highest BCUT2D eigenvalue weighted by molar-refractivity contribution is 6.62. The Labute approximate surface area is 181 Å². The van der Waals surface area contributed by atoms with Crippen LogP contribution < -0.4 is 0 Å². The van der Waals surface area contributed by atoms with E-state index >= 15 is 0 Å². The number of alkyl halides is 1. The van der Waals surface area contributed by atoms with E-state index in [4.69, 9.17) is 21.1 Å². The summed E-state index contributed by atoms with van der Waals surface area (Å²) < 4.78 is 9.93. The summed E-state index contributed by atoms with van der Waals surface area (Å²) in [5.74, 6) is -3.31. The molecule has 0 heterocycles. The Morgan fingerprint density at radius 2 is 1.50 bits per heavy atom. The van der Waals surface area contributed by atoms with Crippen LogP contribution in [0, 0.1) is 13.8 Å². The predicted octanol–water partition coefficient (Wildman–Crippen LogP) is 3.58. The Morgan fingerprint density at radius 1 is 1.00 bits per heavy atom. The molecule has 0 aliphatic carbocycles. The smallest absolute Gasteiger partial charge is 0.340 e. The van der Waals surface area contributed by atoms with Gasteiger partial charge in [0.1, 0.15) is 0 Å². The number of halogens is 1. The lowest BCUT2D eigenvalue weighted by molar-refractivity contribution is -0.140. The molecule has 1 aromatic carbocycles. The molecule has 162 valence electrons. The van der Waals surface area contributed by atoms with Crippen molar-refractivity contribution in [1.82, 2.24) is 0 Å². The number of esters is 2. The molecule has 0 bridgehead atoms. The van der Waals surface area contributed by atoms with Gasteiger partial charge < -0.3 is 9.47 Å². The first-order chi connectivity index (χ1) is 14.0. The Balaban J connectivity index is 3.99. The highest BCUT2D eigenvalue weighted by Gasteiger charge is 2.47. The molecule has 0 aromatic heterocycles. The van der Waals surface area contributed by atoms with E-state index in [2.05, 4.69) is 4.99 Å². The van der Waals surface area contributed by atoms with Gasteiger partial charge >= 0.3 is 11.9 Å². The van der Waals surface area contributed by atoms with Crippen molar-refractivity contribution < 1.29 is 28.7 Å². The Bertz CT molecular complexity index is 882. The minimum absolute atomic E-state index is 0.00883. The first-order valence-electron chi connectivity index (χ1n) is 9.42. The van der Waals surface area contributed by atoms with Gasteiger partial charge in [-0.15, -0.1) is 0 Å². The number of para-hydroxylation sites is 1. The van der Waals surface area contributed by atoms with E-state index in [1.807, 2.05) is 6.07 Å². The summed E-state index contributed by atoms with van der Waals surface area (Å²) in [5.41, 5.74) is 1.06. The summed E-state index contributed by atoms with van der Waals surface area (Å²) in [6, 6.07) is 5.37. The number of aryl methyl sites for hydroxylation is 2. The number of carbonyl (C=O) groups is 4. The minimum Gasteiger partial charge on any atom is -0.463 e. The van der Waals surface area contributed by atoms with Crippen molar-refractivity contribution >= 4 is 46.5 Å². The maximum Gasteiger partial charge on any atom is 0.340 e. The van der Waals surface area contributed by atoms with Crippen molar-refractivity contribution in [2.45, 2.75) is 46.4 Å². The van der Waals surface area contributed by atoms with Gasteiger partial charge in [-0.2, -0.15) is 0 Å². The third-order valence-electron chi connectivity index (χ3n) is 4.26. The van der Waals surface area contributed by atoms with Gasteiger partial charge in [0.05, 0.1) is 30.2 Å². The summed E-state index contributed by atoms with van der Waals surface area (Å²) in [6.45, 7) is 9.00. The van der Waals surface area contributed by atoms with Gasteiger partial charge in [0.2, 0.25) is 4.87 Å². The zero-order valence-electron chi connectivity index (χ0n) is 18.0. The molecule has 0 N–H and O–H groups in total. The van der Waals surface area contributed by atoms with Crippen molar-refractivity contribution in [3.05, 3.63) is 41.0 Å². The highest BCUT2D eigenvalue weighted by atomic mass is 35.5. The van der Waals surface area contributed by atoms with Crippen LogP contribution in [0.25, 0.3) is 0 Å². The van der Waals surface area contributed by atoms with Gasteiger partial charge in [0, 0.05) is 6.08 Å². The van der Waals surface area contributed by atoms with E-state index in [1.165, 1.54) is 0 Å². The van der Waals surface area contributed by atoms with Gasteiger partial charge in [-0.1, -0.05) is 29.8 Å². The SMILES string of the molecule is CCOC(=O)/C=C(\C(=O)OCC)C(=Nc1c(C)cccc1C)C(Cl)(C(C)=O)C(C)=O. The van der Waals surface area contributed by atoms with Gasteiger partial charge in [-0.25, -0.2) is 14.6 Å². The topological polar surface area (TPSA) is 99.1 Å². The molecule has 0 atom stereocenters. The number of ketones is 2. The fourth-order valence-electron chi connectivity index (χ4n) is 2.73. The molecular weight excluding hydrogens is 410 g/mol. The molecule has 0 radical (unpaired) electrons. The molecule has 0 unspecified atom stereocenters. The first-order valence-corrected chi connectivity index (χ1v) is 9.80. The number of benzene rings is 1. The van der Waals surface area contributed by atoms with Crippen LogP contribution in [0.3, 0.4) is 0 Å². The van der Waals surface area contributed by atoms with Crippen molar-refractivity contribution in [2.24, 2.45) is 4.99 Å². The molecule has 30 heavy (non-hydrogen) atoms. The van der Waals surface area contributed by atoms with E-state index in [9.17, 15) is 19.2 Å². The second-order valence-electron chi connectivity index (χ2n) is 6.50. The van der Waals surface area contributed by atoms with Crippen molar-refractivity contribution in [1.29, 1.82) is 0 Å². The Kier molecular flexibility index (Phi) is 9.11. The molecule has 0 aliphatic heterocycles. The molecule has 0 saturated heterocycles. The van der Waals surface area contributed by atoms with Crippen LogP contribution in [0.4, 0.5) is 5.69 Å². The largest absolute Gasteiger partial charge is 0.463 e. The number of rotatable bonds is 9. The standard InChI is InChI=1S/C22H26ClNO6/c1-7-29-18(27)12-17(21(28)30-8-2)20(22(23,15(5)25)16(6)26)24-19-13(3)10-9-11-14(19)4/h9-12H,7-8H2,1-6H3/b17-12-,24-20?. The molecule has 0 fully saturated rings. The van der Waals surface area contributed by atoms with Crippen molar-refractivity contribution in [3.63, 3.8) is 0 Å². The van der Waals surface area contributed by atoms with E-state index in [0.29, 0.717) is 5.69 Å². The van der Waals surface area contributed by atoms with Gasteiger partial charge in [0.15, 0.2) is 11.6 Å². The fraction of sp³-hybridized carbons (Fsp3) is 0.409. The number of nitrogens with zero attached hydrogens (tertiary/aromatic N) is 1. The van der Waals surface area contributed by atoms with E-state index in [0.717, 1.165) is 31.1 Å². The van der Waals surface area contributed by atoms with E-state index < -0.39 is 34.0 Å². The third kappa shape index (κ3) is 5.63. The zero-order valence-corrected chi connectivity index (χ0v) is 18.8. The summed E-state index contributed by atoms with van der Waals surface area (Å²) in [7, 11) is 0. The maximum absolute atomic E-state index is 12.7. The van der Waals surface area contributed by atoms with Gasteiger partial charge in [-0.05, 0) is 52.7 Å². The normalized spacial score (nSPS) is 12.4. The maximum atomic E-state index is 12.7. The third-order valence-corrected chi connectivity index (χ3v) is 4.97. The van der Waals surface area contributed by atoms with E-state index in [-0.39, 0.29) is 18.9 Å².